The maximum Gasteiger partial charge on any atom is 0.255 e. The molecule has 0 saturated heterocycles. The molecule has 0 aliphatic carbocycles. The van der Waals surface area contributed by atoms with Crippen LogP contribution in [0.15, 0.2) is 78.9 Å². The monoisotopic (exact) mass is 343 g/mol. The van der Waals surface area contributed by atoms with Gasteiger partial charge in [-0.25, -0.2) is 0 Å². The van der Waals surface area contributed by atoms with E-state index in [2.05, 4.69) is 0 Å². The fourth-order valence-corrected chi connectivity index (χ4v) is 3.65. The van der Waals surface area contributed by atoms with Gasteiger partial charge in [0.05, 0.1) is 6.04 Å². The molecule has 130 valence electrons. The molecule has 3 heteroatoms. The van der Waals surface area contributed by atoms with Crippen LogP contribution in [0.5, 0.6) is 0 Å². The molecule has 0 spiro atoms. The normalized spacial score (nSPS) is 19.3. The lowest BCUT2D eigenvalue weighted by atomic mass is 9.86. The van der Waals surface area contributed by atoms with Crippen molar-refractivity contribution in [2.45, 2.75) is 25.6 Å². The number of hydrogen-bond donors (Lipinski definition) is 1. The molecule has 2 atom stereocenters. The number of carbonyl (C=O) groups excluding carboxylic acids is 1. The van der Waals surface area contributed by atoms with Gasteiger partial charge in [-0.1, -0.05) is 78.4 Å². The van der Waals surface area contributed by atoms with Gasteiger partial charge in [0, 0.05) is 12.1 Å². The van der Waals surface area contributed by atoms with Crippen molar-refractivity contribution in [1.29, 1.82) is 0 Å². The summed E-state index contributed by atoms with van der Waals surface area (Å²) < 4.78 is 0. The highest BCUT2D eigenvalue weighted by atomic mass is 16.3. The first-order valence-corrected chi connectivity index (χ1v) is 8.83. The third kappa shape index (κ3) is 2.91. The standard InChI is InChI=1S/C23H21NO2/c1-16-11-13-18(14-12-16)21-22(25)19-9-5-6-10-20(19)23(26)24(21)15-17-7-3-2-4-8-17/h2-14,21-22,25H,15H2,1H3. The highest BCUT2D eigenvalue weighted by molar-refractivity contribution is 5.97. The Hall–Kier alpha value is -2.91. The van der Waals surface area contributed by atoms with E-state index in [0.717, 1.165) is 16.7 Å². The van der Waals surface area contributed by atoms with Gasteiger partial charge in [-0.15, -0.1) is 0 Å². The summed E-state index contributed by atoms with van der Waals surface area (Å²) in [7, 11) is 0. The molecule has 0 bridgehead atoms. The van der Waals surface area contributed by atoms with E-state index in [1.54, 1.807) is 11.0 Å². The Labute approximate surface area is 153 Å². The van der Waals surface area contributed by atoms with Gasteiger partial charge >= 0.3 is 0 Å². The van der Waals surface area contributed by atoms with Crippen molar-refractivity contribution >= 4 is 5.91 Å². The summed E-state index contributed by atoms with van der Waals surface area (Å²) >= 11 is 0. The fourth-order valence-electron chi connectivity index (χ4n) is 3.65. The summed E-state index contributed by atoms with van der Waals surface area (Å²) in [6, 6.07) is 24.9. The minimum absolute atomic E-state index is 0.0414. The summed E-state index contributed by atoms with van der Waals surface area (Å²) in [6.07, 6.45) is -0.754. The molecule has 26 heavy (non-hydrogen) atoms. The van der Waals surface area contributed by atoms with Gasteiger partial charge in [0.2, 0.25) is 0 Å². The number of aliphatic hydroxyl groups excluding tert-OH is 1. The van der Waals surface area contributed by atoms with Gasteiger partial charge in [0.15, 0.2) is 0 Å². The Morgan fingerprint density at radius 2 is 1.54 bits per heavy atom. The van der Waals surface area contributed by atoms with E-state index in [0.29, 0.717) is 17.7 Å². The second-order valence-electron chi connectivity index (χ2n) is 6.81. The van der Waals surface area contributed by atoms with Crippen molar-refractivity contribution in [2.24, 2.45) is 0 Å². The summed E-state index contributed by atoms with van der Waals surface area (Å²) in [4.78, 5) is 15.0. The highest BCUT2D eigenvalue weighted by Crippen LogP contribution is 2.41. The summed E-state index contributed by atoms with van der Waals surface area (Å²) in [5.74, 6) is -0.0414. The minimum Gasteiger partial charge on any atom is -0.386 e. The molecule has 3 aromatic rings. The summed E-state index contributed by atoms with van der Waals surface area (Å²) in [5.41, 5.74) is 4.43. The first-order valence-electron chi connectivity index (χ1n) is 8.83. The van der Waals surface area contributed by atoms with E-state index in [9.17, 15) is 9.90 Å². The number of hydrogen-bond acceptors (Lipinski definition) is 2. The molecular weight excluding hydrogens is 322 g/mol. The largest absolute Gasteiger partial charge is 0.386 e. The lowest BCUT2D eigenvalue weighted by Gasteiger charge is -2.40. The van der Waals surface area contributed by atoms with Crippen LogP contribution in [-0.4, -0.2) is 15.9 Å². The van der Waals surface area contributed by atoms with Crippen molar-refractivity contribution in [3.8, 4) is 0 Å². The molecule has 3 nitrogen and oxygen atoms in total. The van der Waals surface area contributed by atoms with Gasteiger partial charge in [0.1, 0.15) is 6.10 Å². The van der Waals surface area contributed by atoms with Gasteiger partial charge in [-0.3, -0.25) is 4.79 Å². The van der Waals surface area contributed by atoms with Crippen LogP contribution in [0.2, 0.25) is 0 Å². The Balaban J connectivity index is 1.81. The van der Waals surface area contributed by atoms with Crippen molar-refractivity contribution in [2.75, 3.05) is 0 Å². The topological polar surface area (TPSA) is 40.5 Å². The fraction of sp³-hybridized carbons (Fsp3) is 0.174. The maximum absolute atomic E-state index is 13.2. The average molecular weight is 343 g/mol. The van der Waals surface area contributed by atoms with Gasteiger partial charge < -0.3 is 10.0 Å². The minimum atomic E-state index is -0.754. The molecule has 0 fully saturated rings. The first kappa shape index (κ1) is 16.6. The van der Waals surface area contributed by atoms with Crippen LogP contribution in [0.4, 0.5) is 0 Å². The highest BCUT2D eigenvalue weighted by Gasteiger charge is 2.39. The van der Waals surface area contributed by atoms with Crippen LogP contribution in [0.3, 0.4) is 0 Å². The molecule has 0 aromatic heterocycles. The molecule has 1 aliphatic heterocycles. The van der Waals surface area contributed by atoms with E-state index in [-0.39, 0.29) is 5.91 Å². The number of aryl methyl sites for hydroxylation is 1. The first-order chi connectivity index (χ1) is 12.6. The number of rotatable bonds is 3. The second kappa shape index (κ2) is 6.77. The zero-order valence-electron chi connectivity index (χ0n) is 14.7. The van der Waals surface area contributed by atoms with Crippen LogP contribution in [-0.2, 0) is 6.54 Å². The van der Waals surface area contributed by atoms with E-state index in [1.165, 1.54) is 0 Å². The molecule has 2 unspecified atom stereocenters. The van der Waals surface area contributed by atoms with Gasteiger partial charge in [-0.05, 0) is 29.7 Å². The molecule has 3 aromatic carbocycles. The molecule has 1 amide bonds. The lowest BCUT2D eigenvalue weighted by molar-refractivity contribution is 0.0221. The Kier molecular flexibility index (Phi) is 4.31. The number of carbonyl (C=O) groups is 1. The maximum atomic E-state index is 13.2. The number of nitrogens with zero attached hydrogens (tertiary/aromatic N) is 1. The number of aliphatic hydroxyl groups is 1. The molecule has 1 heterocycles. The SMILES string of the molecule is Cc1ccc(C2C(O)c3ccccc3C(=O)N2Cc2ccccc2)cc1. The van der Waals surface area contributed by atoms with Crippen LogP contribution in [0.25, 0.3) is 0 Å². The van der Waals surface area contributed by atoms with Crippen LogP contribution >= 0.6 is 0 Å². The van der Waals surface area contributed by atoms with Crippen LogP contribution in [0.1, 0.15) is 44.8 Å². The molecular formula is C23H21NO2. The third-order valence-corrected chi connectivity index (χ3v) is 5.02. The van der Waals surface area contributed by atoms with E-state index < -0.39 is 12.1 Å². The van der Waals surface area contributed by atoms with E-state index >= 15 is 0 Å². The van der Waals surface area contributed by atoms with Crippen molar-refractivity contribution in [1.82, 2.24) is 4.90 Å². The number of benzene rings is 3. The predicted octanol–water partition coefficient (Wildman–Crippen LogP) is 4.43. The van der Waals surface area contributed by atoms with Crippen LogP contribution < -0.4 is 0 Å². The summed E-state index contributed by atoms with van der Waals surface area (Å²) in [6.45, 7) is 2.49. The van der Waals surface area contributed by atoms with Crippen molar-refractivity contribution in [3.05, 3.63) is 107 Å². The zero-order chi connectivity index (χ0) is 18.1. The predicted molar refractivity (Wildman–Crippen MR) is 102 cm³/mol. The Morgan fingerprint density at radius 1 is 0.885 bits per heavy atom. The Morgan fingerprint density at radius 3 is 2.27 bits per heavy atom. The number of amides is 1. The molecule has 0 radical (unpaired) electrons. The van der Waals surface area contributed by atoms with Crippen molar-refractivity contribution < 1.29 is 9.90 Å². The van der Waals surface area contributed by atoms with E-state index in [1.807, 2.05) is 79.7 Å². The van der Waals surface area contributed by atoms with Crippen molar-refractivity contribution in [3.63, 3.8) is 0 Å². The molecule has 1 N–H and O–H groups in total. The van der Waals surface area contributed by atoms with Crippen LogP contribution in [0, 0.1) is 6.92 Å². The quantitative estimate of drug-likeness (QED) is 0.764. The molecule has 4 rings (SSSR count). The zero-order valence-corrected chi connectivity index (χ0v) is 14.7. The molecule has 0 saturated carbocycles. The molecule has 1 aliphatic rings. The third-order valence-electron chi connectivity index (χ3n) is 5.02. The average Bonchev–Trinajstić information content (AvgIpc) is 2.68. The Bertz CT molecular complexity index is 918. The van der Waals surface area contributed by atoms with E-state index in [4.69, 9.17) is 0 Å². The van der Waals surface area contributed by atoms with Gasteiger partial charge in [-0.2, -0.15) is 0 Å². The smallest absolute Gasteiger partial charge is 0.255 e. The van der Waals surface area contributed by atoms with Gasteiger partial charge in [0.25, 0.3) is 5.91 Å². The number of fused-ring (bicyclic) bond motifs is 1. The summed E-state index contributed by atoms with van der Waals surface area (Å²) in [5, 5.41) is 11.1. The lowest BCUT2D eigenvalue weighted by Crippen LogP contribution is -2.42. The second-order valence-corrected chi connectivity index (χ2v) is 6.81.